The van der Waals surface area contributed by atoms with Gasteiger partial charge in [0.2, 0.25) is 5.91 Å². The van der Waals surface area contributed by atoms with Crippen LogP contribution in [-0.2, 0) is 11.0 Å². The molecule has 0 spiro atoms. The number of rotatable bonds is 2. The zero-order chi connectivity index (χ0) is 14.9. The molecule has 1 heterocycles. The summed E-state index contributed by atoms with van der Waals surface area (Å²) in [4.78, 5) is 12.0. The van der Waals surface area contributed by atoms with Crippen molar-refractivity contribution < 1.29 is 18.0 Å². The fraction of sp³-hybridized carbons (Fsp3) is 0.417. The molecule has 0 bridgehead atoms. The second-order valence-electron chi connectivity index (χ2n) is 4.70. The van der Waals surface area contributed by atoms with Gasteiger partial charge in [-0.2, -0.15) is 13.2 Å². The first-order valence-corrected chi connectivity index (χ1v) is 6.04. The van der Waals surface area contributed by atoms with Gasteiger partial charge in [-0.3, -0.25) is 10.2 Å². The third-order valence-corrected chi connectivity index (χ3v) is 3.16. The predicted molar refractivity (Wildman–Crippen MR) is 67.3 cm³/mol. The second-order valence-corrected chi connectivity index (χ2v) is 4.70. The van der Waals surface area contributed by atoms with Crippen molar-refractivity contribution in [3.63, 3.8) is 0 Å². The Labute approximate surface area is 113 Å². The fourth-order valence-corrected chi connectivity index (χ4v) is 2.11. The van der Waals surface area contributed by atoms with E-state index in [0.29, 0.717) is 0 Å². The van der Waals surface area contributed by atoms with Gasteiger partial charge in [0.15, 0.2) is 0 Å². The Balaban J connectivity index is 2.12. The Morgan fingerprint density at radius 3 is 2.60 bits per heavy atom. The van der Waals surface area contributed by atoms with E-state index < -0.39 is 29.7 Å². The molecule has 3 unspecified atom stereocenters. The number of carbonyl (C=O) groups excluding carboxylic acids is 1. The Hall–Kier alpha value is -1.64. The zero-order valence-corrected chi connectivity index (χ0v) is 10.7. The number of benzene rings is 1. The number of nitrogens with one attached hydrogen (secondary N) is 3. The van der Waals surface area contributed by atoms with Crippen LogP contribution in [0.2, 0.25) is 0 Å². The van der Waals surface area contributed by atoms with Crippen molar-refractivity contribution >= 4 is 11.6 Å². The lowest BCUT2D eigenvalue weighted by atomic mass is 9.99. The quantitative estimate of drug-likeness (QED) is 0.655. The number of anilines is 1. The van der Waals surface area contributed by atoms with Crippen molar-refractivity contribution in [3.05, 3.63) is 29.8 Å². The monoisotopic (exact) mass is 288 g/mol. The fourth-order valence-electron chi connectivity index (χ4n) is 2.11. The van der Waals surface area contributed by atoms with Crippen LogP contribution in [-0.4, -0.2) is 18.1 Å². The Kier molecular flexibility index (Phi) is 3.98. The van der Waals surface area contributed by atoms with Crippen molar-refractivity contribution in [3.8, 4) is 0 Å². The molecule has 2 rings (SSSR count). The third-order valence-electron chi connectivity index (χ3n) is 3.16. The van der Waals surface area contributed by atoms with Crippen molar-refractivity contribution in [2.45, 2.75) is 25.3 Å². The summed E-state index contributed by atoms with van der Waals surface area (Å²) in [6.07, 6.45) is -5.03. The molecular formula is C12H15F3N4O. The first kappa shape index (κ1) is 14.8. The number of carbonyl (C=O) groups is 1. The van der Waals surface area contributed by atoms with Crippen LogP contribution >= 0.6 is 0 Å². The summed E-state index contributed by atoms with van der Waals surface area (Å²) < 4.78 is 37.7. The number of halogens is 3. The van der Waals surface area contributed by atoms with Crippen LogP contribution < -0.4 is 21.9 Å². The molecule has 1 amide bonds. The molecule has 0 aromatic heterocycles. The largest absolute Gasteiger partial charge is 0.416 e. The number of hydrazine groups is 1. The molecule has 0 aliphatic carbocycles. The van der Waals surface area contributed by atoms with Crippen molar-refractivity contribution in [1.29, 1.82) is 0 Å². The number of nitrogens with two attached hydrogens (primary N) is 1. The summed E-state index contributed by atoms with van der Waals surface area (Å²) in [5.74, 6) is -0.994. The average molecular weight is 288 g/mol. The lowest BCUT2D eigenvalue weighted by molar-refractivity contribution is -0.137. The standard InChI is InChI=1S/C12H15F3N4O/c1-6-9(10(16)19-18-6)11(20)17-8-4-2-3-7(5-8)12(13,14)15/h2-6,9-10,18-19H,16H2,1H3,(H,17,20). The number of hydrogen-bond acceptors (Lipinski definition) is 4. The maximum Gasteiger partial charge on any atom is 0.416 e. The highest BCUT2D eigenvalue weighted by atomic mass is 19.4. The van der Waals surface area contributed by atoms with Gasteiger partial charge in [0.1, 0.15) is 0 Å². The molecule has 1 aliphatic heterocycles. The summed E-state index contributed by atoms with van der Waals surface area (Å²) >= 11 is 0. The molecule has 8 heteroatoms. The van der Waals surface area contributed by atoms with Gasteiger partial charge < -0.3 is 11.1 Å². The summed E-state index contributed by atoms with van der Waals surface area (Å²) in [5.41, 5.74) is 10.5. The van der Waals surface area contributed by atoms with Crippen molar-refractivity contribution in [2.75, 3.05) is 5.32 Å². The zero-order valence-electron chi connectivity index (χ0n) is 10.7. The van der Waals surface area contributed by atoms with E-state index >= 15 is 0 Å². The molecule has 1 aromatic rings. The van der Waals surface area contributed by atoms with Crippen LogP contribution in [0.4, 0.5) is 18.9 Å². The van der Waals surface area contributed by atoms with Crippen LogP contribution in [0.3, 0.4) is 0 Å². The molecule has 1 fully saturated rings. The van der Waals surface area contributed by atoms with Crippen molar-refractivity contribution in [2.24, 2.45) is 11.7 Å². The highest BCUT2D eigenvalue weighted by Gasteiger charge is 2.36. The minimum Gasteiger partial charge on any atom is -0.326 e. The van der Waals surface area contributed by atoms with E-state index in [1.165, 1.54) is 12.1 Å². The van der Waals surface area contributed by atoms with E-state index in [2.05, 4.69) is 16.2 Å². The highest BCUT2D eigenvalue weighted by molar-refractivity contribution is 5.93. The Morgan fingerprint density at radius 2 is 2.05 bits per heavy atom. The Morgan fingerprint density at radius 1 is 1.35 bits per heavy atom. The van der Waals surface area contributed by atoms with Gasteiger partial charge in [-0.1, -0.05) is 6.07 Å². The predicted octanol–water partition coefficient (Wildman–Crippen LogP) is 1.04. The molecule has 0 saturated carbocycles. The molecule has 0 radical (unpaired) electrons. The average Bonchev–Trinajstić information content (AvgIpc) is 2.68. The molecule has 110 valence electrons. The summed E-state index contributed by atoms with van der Waals surface area (Å²) in [5, 5.41) is 2.46. The maximum atomic E-state index is 12.6. The van der Waals surface area contributed by atoms with Crippen LogP contribution in [0, 0.1) is 5.92 Å². The summed E-state index contributed by atoms with van der Waals surface area (Å²) in [7, 11) is 0. The summed E-state index contributed by atoms with van der Waals surface area (Å²) in [6.45, 7) is 1.76. The van der Waals surface area contributed by atoms with Crippen molar-refractivity contribution in [1.82, 2.24) is 10.9 Å². The summed E-state index contributed by atoms with van der Waals surface area (Å²) in [6, 6.07) is 4.27. The van der Waals surface area contributed by atoms with Gasteiger partial charge in [-0.25, -0.2) is 5.43 Å². The van der Waals surface area contributed by atoms with Crippen LogP contribution in [0.25, 0.3) is 0 Å². The molecule has 1 aliphatic rings. The highest BCUT2D eigenvalue weighted by Crippen LogP contribution is 2.30. The second kappa shape index (κ2) is 5.39. The molecule has 5 N–H and O–H groups in total. The number of alkyl halides is 3. The molecule has 1 aromatic carbocycles. The van der Waals surface area contributed by atoms with Crippen LogP contribution in [0.1, 0.15) is 12.5 Å². The van der Waals surface area contributed by atoms with Gasteiger partial charge in [0, 0.05) is 11.7 Å². The maximum absolute atomic E-state index is 12.6. The van der Waals surface area contributed by atoms with E-state index in [1.807, 2.05) is 0 Å². The van der Waals surface area contributed by atoms with Crippen LogP contribution in [0.5, 0.6) is 0 Å². The van der Waals surface area contributed by atoms with E-state index in [9.17, 15) is 18.0 Å². The first-order chi connectivity index (χ1) is 9.29. The van der Waals surface area contributed by atoms with Gasteiger partial charge >= 0.3 is 6.18 Å². The van der Waals surface area contributed by atoms with E-state index in [4.69, 9.17) is 5.73 Å². The lowest BCUT2D eigenvalue weighted by Crippen LogP contribution is -2.43. The van der Waals surface area contributed by atoms with Gasteiger partial charge in [0.25, 0.3) is 0 Å². The Bertz CT molecular complexity index is 496. The minimum atomic E-state index is -4.44. The minimum absolute atomic E-state index is 0.0936. The topological polar surface area (TPSA) is 79.2 Å². The van der Waals surface area contributed by atoms with Gasteiger partial charge in [-0.15, -0.1) is 0 Å². The molecular weight excluding hydrogens is 273 g/mol. The lowest BCUT2D eigenvalue weighted by Gasteiger charge is -2.17. The number of amides is 1. The van der Waals surface area contributed by atoms with E-state index in [-0.39, 0.29) is 11.7 Å². The van der Waals surface area contributed by atoms with E-state index in [0.717, 1.165) is 12.1 Å². The first-order valence-electron chi connectivity index (χ1n) is 6.04. The van der Waals surface area contributed by atoms with Gasteiger partial charge in [-0.05, 0) is 25.1 Å². The smallest absolute Gasteiger partial charge is 0.326 e. The molecule has 5 nitrogen and oxygen atoms in total. The molecule has 1 saturated heterocycles. The molecule has 20 heavy (non-hydrogen) atoms. The SMILES string of the molecule is CC1NNC(N)C1C(=O)Nc1cccc(C(F)(F)F)c1. The van der Waals surface area contributed by atoms with Gasteiger partial charge in [0.05, 0.1) is 17.6 Å². The third kappa shape index (κ3) is 3.09. The number of hydrogen-bond donors (Lipinski definition) is 4. The van der Waals surface area contributed by atoms with E-state index in [1.54, 1.807) is 6.92 Å². The molecule has 3 atom stereocenters. The normalized spacial score (nSPS) is 26.6. The van der Waals surface area contributed by atoms with Crippen LogP contribution in [0.15, 0.2) is 24.3 Å².